The van der Waals surface area contributed by atoms with Crippen LogP contribution >= 0.6 is 0 Å². The largest absolute Gasteiger partial charge is 0.356 e. The van der Waals surface area contributed by atoms with Gasteiger partial charge in [0.1, 0.15) is 6.42 Å². The van der Waals surface area contributed by atoms with Gasteiger partial charge in [-0.15, -0.1) is 0 Å². The van der Waals surface area contributed by atoms with E-state index in [0.717, 1.165) is 16.7 Å². The smallest absolute Gasteiger partial charge is 0.243 e. The van der Waals surface area contributed by atoms with Crippen LogP contribution in [0, 0.1) is 17.8 Å². The first-order chi connectivity index (χ1) is 15.9. The van der Waals surface area contributed by atoms with Crippen LogP contribution in [0.4, 0.5) is 5.69 Å². The molecule has 3 rings (SSSR count). The first-order valence-electron chi connectivity index (χ1n) is 11.2. The monoisotopic (exact) mass is 443 g/mol. The Morgan fingerprint density at radius 1 is 0.970 bits per heavy atom. The van der Waals surface area contributed by atoms with E-state index in [1.807, 2.05) is 68.5 Å². The van der Waals surface area contributed by atoms with Gasteiger partial charge < -0.3 is 15.5 Å². The van der Waals surface area contributed by atoms with E-state index in [0.29, 0.717) is 37.7 Å². The molecular weight excluding hydrogens is 414 g/mol. The minimum absolute atomic E-state index is 0.149. The summed E-state index contributed by atoms with van der Waals surface area (Å²) in [7, 11) is 0. The molecule has 1 aliphatic heterocycles. The van der Waals surface area contributed by atoms with E-state index < -0.39 is 0 Å². The van der Waals surface area contributed by atoms with Crippen LogP contribution < -0.4 is 15.5 Å². The van der Waals surface area contributed by atoms with Gasteiger partial charge in [-0.1, -0.05) is 62.1 Å². The number of hydrogen-bond donors (Lipinski definition) is 2. The predicted molar refractivity (Wildman–Crippen MR) is 129 cm³/mol. The fraction of sp³-hybridized carbons (Fsp3) is 0.296. The van der Waals surface area contributed by atoms with E-state index in [4.69, 9.17) is 0 Å². The van der Waals surface area contributed by atoms with Gasteiger partial charge in [0.2, 0.25) is 17.7 Å². The maximum atomic E-state index is 13.1. The first kappa shape index (κ1) is 23.8. The molecule has 3 amide bonds. The molecule has 0 spiro atoms. The number of rotatable bonds is 8. The number of hydrogen-bond acceptors (Lipinski definition) is 3. The van der Waals surface area contributed by atoms with Crippen molar-refractivity contribution in [3.63, 3.8) is 0 Å². The third kappa shape index (κ3) is 7.08. The Balaban J connectivity index is 1.56. The van der Waals surface area contributed by atoms with Gasteiger partial charge in [0.05, 0.1) is 12.2 Å². The first-order valence-corrected chi connectivity index (χ1v) is 11.2. The number of allylic oxidation sites excluding steroid dienone is 1. The summed E-state index contributed by atoms with van der Waals surface area (Å²) in [6, 6.07) is 15.2. The quantitative estimate of drug-likeness (QED) is 0.285. The zero-order chi connectivity index (χ0) is 23.6. The number of nitrogens with one attached hydrogen (secondary N) is 2. The number of anilines is 1. The molecule has 0 fully saturated rings. The number of fused-ring (bicyclic) bond motifs is 2. The lowest BCUT2D eigenvalue weighted by molar-refractivity contribution is -0.128. The summed E-state index contributed by atoms with van der Waals surface area (Å²) in [5.41, 5.74) is 3.27. The van der Waals surface area contributed by atoms with Crippen molar-refractivity contribution in [2.24, 2.45) is 5.92 Å². The molecule has 1 aliphatic rings. The van der Waals surface area contributed by atoms with Crippen LogP contribution in [0.5, 0.6) is 0 Å². The van der Waals surface area contributed by atoms with Crippen molar-refractivity contribution >= 4 is 23.4 Å². The summed E-state index contributed by atoms with van der Waals surface area (Å²) < 4.78 is 0. The van der Waals surface area contributed by atoms with Crippen LogP contribution in [-0.4, -0.2) is 30.8 Å². The standard InChI is InChI=1S/C27H29N3O3/c1-20(2)12-15-25(31)28-16-7-17-29-26(32)18-27(33)30-19-23-10-4-3-8-21(23)13-14-22-9-5-6-11-24(22)30/h3-6,8-12,15,20H,7,16-19H2,1-2H3,(H,28,31)(H,29,32). The molecule has 2 aromatic carbocycles. The fourth-order valence-electron chi connectivity index (χ4n) is 3.37. The SMILES string of the molecule is CC(C)C=CC(=O)NCCCNC(=O)CC(=O)N1Cc2ccccc2C#Cc2ccccc21. The minimum Gasteiger partial charge on any atom is -0.356 e. The van der Waals surface area contributed by atoms with Crippen LogP contribution in [0.15, 0.2) is 60.7 Å². The van der Waals surface area contributed by atoms with E-state index in [2.05, 4.69) is 22.5 Å². The van der Waals surface area contributed by atoms with Gasteiger partial charge >= 0.3 is 0 Å². The molecule has 0 unspecified atom stereocenters. The van der Waals surface area contributed by atoms with Gasteiger partial charge in [0.15, 0.2) is 0 Å². The summed E-state index contributed by atoms with van der Waals surface area (Å²) in [5, 5.41) is 5.54. The van der Waals surface area contributed by atoms with Crippen LogP contribution in [0.2, 0.25) is 0 Å². The number of para-hydroxylation sites is 1. The van der Waals surface area contributed by atoms with E-state index >= 15 is 0 Å². The molecule has 0 radical (unpaired) electrons. The Kier molecular flexibility index (Phi) is 8.43. The van der Waals surface area contributed by atoms with Crippen molar-refractivity contribution in [1.82, 2.24) is 10.6 Å². The summed E-state index contributed by atoms with van der Waals surface area (Å²) in [5.74, 6) is 5.87. The van der Waals surface area contributed by atoms with E-state index in [-0.39, 0.29) is 24.1 Å². The van der Waals surface area contributed by atoms with Crippen molar-refractivity contribution in [3.05, 3.63) is 77.4 Å². The van der Waals surface area contributed by atoms with Crippen molar-refractivity contribution < 1.29 is 14.4 Å². The van der Waals surface area contributed by atoms with Gasteiger partial charge in [-0.05, 0) is 42.2 Å². The summed E-state index contributed by atoms with van der Waals surface area (Å²) in [6.45, 7) is 5.18. The molecule has 0 bridgehead atoms. The summed E-state index contributed by atoms with van der Waals surface area (Å²) >= 11 is 0. The van der Waals surface area contributed by atoms with Crippen molar-refractivity contribution in [1.29, 1.82) is 0 Å². The summed E-state index contributed by atoms with van der Waals surface area (Å²) in [4.78, 5) is 38.8. The van der Waals surface area contributed by atoms with Crippen LogP contribution in [-0.2, 0) is 20.9 Å². The topological polar surface area (TPSA) is 78.5 Å². The molecule has 0 saturated carbocycles. The molecule has 0 saturated heterocycles. The van der Waals surface area contributed by atoms with Gasteiger partial charge in [-0.3, -0.25) is 14.4 Å². The molecule has 170 valence electrons. The van der Waals surface area contributed by atoms with Gasteiger partial charge in [-0.2, -0.15) is 0 Å². The number of carbonyl (C=O) groups excluding carboxylic acids is 3. The van der Waals surface area contributed by atoms with E-state index in [9.17, 15) is 14.4 Å². The third-order valence-electron chi connectivity index (χ3n) is 5.09. The van der Waals surface area contributed by atoms with E-state index in [1.165, 1.54) is 6.08 Å². The van der Waals surface area contributed by atoms with E-state index in [1.54, 1.807) is 4.90 Å². The van der Waals surface area contributed by atoms with Crippen molar-refractivity contribution in [3.8, 4) is 11.8 Å². The normalized spacial score (nSPS) is 12.2. The lowest BCUT2D eigenvalue weighted by Crippen LogP contribution is -2.37. The van der Waals surface area contributed by atoms with Crippen molar-refractivity contribution in [2.75, 3.05) is 18.0 Å². The lowest BCUT2D eigenvalue weighted by atomic mass is 10.0. The van der Waals surface area contributed by atoms with Gasteiger partial charge in [0, 0.05) is 24.2 Å². The molecule has 6 heteroatoms. The molecule has 0 aromatic heterocycles. The average Bonchev–Trinajstić information content (AvgIpc) is 2.79. The molecule has 6 nitrogen and oxygen atoms in total. The Labute approximate surface area is 195 Å². The van der Waals surface area contributed by atoms with Gasteiger partial charge in [0.25, 0.3) is 0 Å². The third-order valence-corrected chi connectivity index (χ3v) is 5.09. The Hall–Kier alpha value is -3.85. The molecule has 2 aromatic rings. The molecular formula is C27H29N3O3. The Morgan fingerprint density at radius 2 is 1.64 bits per heavy atom. The van der Waals surface area contributed by atoms with Gasteiger partial charge in [-0.25, -0.2) is 0 Å². The average molecular weight is 444 g/mol. The second-order valence-electron chi connectivity index (χ2n) is 8.18. The highest BCUT2D eigenvalue weighted by Gasteiger charge is 2.23. The highest BCUT2D eigenvalue weighted by molar-refractivity contribution is 6.05. The highest BCUT2D eigenvalue weighted by Crippen LogP contribution is 2.25. The van der Waals surface area contributed by atoms with Crippen LogP contribution in [0.25, 0.3) is 0 Å². The second-order valence-corrected chi connectivity index (χ2v) is 8.18. The number of carbonyl (C=O) groups is 3. The molecule has 33 heavy (non-hydrogen) atoms. The lowest BCUT2D eigenvalue weighted by Gasteiger charge is -2.25. The summed E-state index contributed by atoms with van der Waals surface area (Å²) in [6.07, 6.45) is 3.67. The molecule has 2 N–H and O–H groups in total. The zero-order valence-electron chi connectivity index (χ0n) is 19.1. The number of nitrogens with zero attached hydrogens (tertiary/aromatic N) is 1. The van der Waals surface area contributed by atoms with Crippen LogP contribution in [0.1, 0.15) is 43.4 Å². The fourth-order valence-corrected chi connectivity index (χ4v) is 3.37. The van der Waals surface area contributed by atoms with Crippen LogP contribution in [0.3, 0.4) is 0 Å². The predicted octanol–water partition coefficient (Wildman–Crippen LogP) is 3.16. The van der Waals surface area contributed by atoms with Crippen molar-refractivity contribution in [2.45, 2.75) is 33.2 Å². The Bertz CT molecular complexity index is 1110. The highest BCUT2D eigenvalue weighted by atomic mass is 16.2. The molecule has 1 heterocycles. The maximum Gasteiger partial charge on any atom is 0.243 e. The Morgan fingerprint density at radius 3 is 2.42 bits per heavy atom. The number of amides is 3. The second kappa shape index (κ2) is 11.7. The number of benzene rings is 2. The minimum atomic E-state index is -0.343. The zero-order valence-corrected chi connectivity index (χ0v) is 19.1. The maximum absolute atomic E-state index is 13.1. The molecule has 0 aliphatic carbocycles. The molecule has 0 atom stereocenters.